The second-order valence-corrected chi connectivity index (χ2v) is 8.07. The summed E-state index contributed by atoms with van der Waals surface area (Å²) in [7, 11) is 4.06. The first-order valence-electron chi connectivity index (χ1n) is 11.5. The molecule has 0 amide bonds. The van der Waals surface area contributed by atoms with Gasteiger partial charge in [-0.15, -0.1) is 0 Å². The topological polar surface area (TPSA) is 92.1 Å². The summed E-state index contributed by atoms with van der Waals surface area (Å²) in [4.78, 5) is 28.0. The average molecular weight is 480 g/mol. The number of likely N-dealkylation sites (tertiary alicyclic amines) is 1. The molecule has 1 aliphatic heterocycles. The highest BCUT2D eigenvalue weighted by atomic mass is 16.5. The van der Waals surface area contributed by atoms with Crippen LogP contribution < -0.4 is 9.47 Å². The van der Waals surface area contributed by atoms with E-state index in [9.17, 15) is 9.59 Å². The van der Waals surface area contributed by atoms with Crippen molar-refractivity contribution < 1.29 is 28.5 Å². The molecule has 1 fully saturated rings. The van der Waals surface area contributed by atoms with Gasteiger partial charge in [0.25, 0.3) is 0 Å². The van der Waals surface area contributed by atoms with Crippen LogP contribution in [0.2, 0.25) is 0 Å². The third-order valence-corrected chi connectivity index (χ3v) is 5.96. The quantitative estimate of drug-likeness (QED) is 0.430. The fraction of sp³-hybridized carbons (Fsp3) is 0.346. The molecule has 0 saturated carbocycles. The molecule has 9 heteroatoms. The standard InChI is InChI=1S/C26H29N3O6/c1-32-21-17-18(11-12-20(21)35-16-15-28-13-7-8-14-28)23-22(25(30)33-2)24(26(31)34-3)29(27-23)19-9-5-4-6-10-19/h4-6,9-12,17H,7-8,13-16H2,1-3H3. The molecular formula is C26H29N3O6. The lowest BCUT2D eigenvalue weighted by atomic mass is 10.0. The van der Waals surface area contributed by atoms with Crippen molar-refractivity contribution in [2.24, 2.45) is 0 Å². The molecule has 0 N–H and O–H groups in total. The third kappa shape index (κ3) is 5.14. The molecule has 2 aromatic carbocycles. The van der Waals surface area contributed by atoms with Crippen molar-refractivity contribution in [1.29, 1.82) is 0 Å². The van der Waals surface area contributed by atoms with Crippen LogP contribution in [0.4, 0.5) is 0 Å². The van der Waals surface area contributed by atoms with E-state index in [1.165, 1.54) is 31.7 Å². The number of hydrogen-bond acceptors (Lipinski definition) is 8. The van der Waals surface area contributed by atoms with Crippen LogP contribution in [0.25, 0.3) is 16.9 Å². The molecule has 0 atom stereocenters. The number of benzene rings is 2. The lowest BCUT2D eigenvalue weighted by Gasteiger charge is -2.16. The molecule has 9 nitrogen and oxygen atoms in total. The predicted octanol–water partition coefficient (Wildman–Crippen LogP) is 3.60. The van der Waals surface area contributed by atoms with Crippen molar-refractivity contribution in [3.63, 3.8) is 0 Å². The summed E-state index contributed by atoms with van der Waals surface area (Å²) >= 11 is 0. The van der Waals surface area contributed by atoms with Crippen molar-refractivity contribution in [2.75, 3.05) is 47.6 Å². The largest absolute Gasteiger partial charge is 0.493 e. The van der Waals surface area contributed by atoms with Crippen molar-refractivity contribution in [1.82, 2.24) is 14.7 Å². The summed E-state index contributed by atoms with van der Waals surface area (Å²) in [6.07, 6.45) is 2.45. The third-order valence-electron chi connectivity index (χ3n) is 5.96. The predicted molar refractivity (Wildman–Crippen MR) is 129 cm³/mol. The van der Waals surface area contributed by atoms with Crippen molar-refractivity contribution in [2.45, 2.75) is 12.8 Å². The first-order valence-corrected chi connectivity index (χ1v) is 11.5. The van der Waals surface area contributed by atoms with Gasteiger partial charge in [-0.25, -0.2) is 14.3 Å². The van der Waals surface area contributed by atoms with Crippen LogP contribution in [0, 0.1) is 0 Å². The molecule has 2 heterocycles. The van der Waals surface area contributed by atoms with Crippen molar-refractivity contribution in [3.05, 3.63) is 59.8 Å². The number of methoxy groups -OCH3 is 3. The molecule has 1 saturated heterocycles. The van der Waals surface area contributed by atoms with Gasteiger partial charge in [0, 0.05) is 12.1 Å². The van der Waals surface area contributed by atoms with Gasteiger partial charge in [-0.2, -0.15) is 5.10 Å². The first-order chi connectivity index (χ1) is 17.1. The Morgan fingerprint density at radius 3 is 2.29 bits per heavy atom. The monoisotopic (exact) mass is 479 g/mol. The zero-order chi connectivity index (χ0) is 24.8. The molecule has 4 rings (SSSR count). The first kappa shape index (κ1) is 24.3. The van der Waals surface area contributed by atoms with Crippen LogP contribution in [0.3, 0.4) is 0 Å². The molecule has 0 spiro atoms. The van der Waals surface area contributed by atoms with Gasteiger partial charge in [0.15, 0.2) is 17.2 Å². The molecule has 1 aromatic heterocycles. The molecular weight excluding hydrogens is 450 g/mol. The van der Waals surface area contributed by atoms with Crippen molar-refractivity contribution >= 4 is 11.9 Å². The fourth-order valence-electron chi connectivity index (χ4n) is 4.18. The lowest BCUT2D eigenvalue weighted by molar-refractivity contribution is 0.0549. The lowest BCUT2D eigenvalue weighted by Crippen LogP contribution is -2.25. The maximum Gasteiger partial charge on any atom is 0.357 e. The Kier molecular flexibility index (Phi) is 7.67. The van der Waals surface area contributed by atoms with Crippen molar-refractivity contribution in [3.8, 4) is 28.4 Å². The number of ether oxygens (including phenoxy) is 4. The Bertz CT molecular complexity index is 1190. The molecule has 0 aliphatic carbocycles. The number of carbonyl (C=O) groups is 2. The highest BCUT2D eigenvalue weighted by Gasteiger charge is 2.31. The van der Waals surface area contributed by atoms with E-state index >= 15 is 0 Å². The van der Waals surface area contributed by atoms with Crippen LogP contribution in [0.15, 0.2) is 48.5 Å². The van der Waals surface area contributed by atoms with Crippen LogP contribution in [0.5, 0.6) is 11.5 Å². The molecule has 0 bridgehead atoms. The van der Waals surface area contributed by atoms with Gasteiger partial charge in [0.2, 0.25) is 0 Å². The minimum absolute atomic E-state index is 0.00737. The average Bonchev–Trinajstić information content (AvgIpc) is 3.57. The Morgan fingerprint density at radius 2 is 1.63 bits per heavy atom. The van der Waals surface area contributed by atoms with E-state index < -0.39 is 11.9 Å². The number of carbonyl (C=O) groups excluding carboxylic acids is 2. The highest BCUT2D eigenvalue weighted by Crippen LogP contribution is 2.35. The minimum atomic E-state index is -0.707. The fourth-order valence-corrected chi connectivity index (χ4v) is 4.18. The normalized spacial score (nSPS) is 13.5. The molecule has 35 heavy (non-hydrogen) atoms. The Balaban J connectivity index is 1.74. The summed E-state index contributed by atoms with van der Waals surface area (Å²) in [5.74, 6) is -0.325. The van der Waals surface area contributed by atoms with Crippen LogP contribution in [-0.2, 0) is 9.47 Å². The zero-order valence-corrected chi connectivity index (χ0v) is 20.2. The van der Waals surface area contributed by atoms with Gasteiger partial charge >= 0.3 is 11.9 Å². The van der Waals surface area contributed by atoms with Crippen LogP contribution in [-0.4, -0.2) is 74.2 Å². The Hall–Kier alpha value is -3.85. The van der Waals surface area contributed by atoms with E-state index in [0.717, 1.165) is 19.6 Å². The second-order valence-electron chi connectivity index (χ2n) is 8.07. The van der Waals surface area contributed by atoms with Gasteiger partial charge in [-0.05, 0) is 56.3 Å². The molecule has 0 unspecified atom stereocenters. The van der Waals surface area contributed by atoms with Crippen LogP contribution >= 0.6 is 0 Å². The second kappa shape index (κ2) is 11.1. The Labute approximate surface area is 204 Å². The smallest absolute Gasteiger partial charge is 0.357 e. The number of rotatable bonds is 9. The van der Waals surface area contributed by atoms with E-state index in [0.29, 0.717) is 29.4 Å². The van der Waals surface area contributed by atoms with Crippen LogP contribution in [0.1, 0.15) is 33.7 Å². The Morgan fingerprint density at radius 1 is 0.914 bits per heavy atom. The summed E-state index contributed by atoms with van der Waals surface area (Å²) in [6.45, 7) is 3.59. The minimum Gasteiger partial charge on any atom is -0.493 e. The van der Waals surface area contributed by atoms with Gasteiger partial charge in [-0.3, -0.25) is 4.90 Å². The van der Waals surface area contributed by atoms with Gasteiger partial charge in [0.05, 0.1) is 27.0 Å². The van der Waals surface area contributed by atoms with E-state index in [1.54, 1.807) is 37.4 Å². The number of nitrogens with zero attached hydrogens (tertiary/aromatic N) is 3. The van der Waals surface area contributed by atoms with E-state index in [4.69, 9.17) is 18.9 Å². The van der Waals surface area contributed by atoms with E-state index in [-0.39, 0.29) is 17.0 Å². The summed E-state index contributed by atoms with van der Waals surface area (Å²) in [6, 6.07) is 14.3. The summed E-state index contributed by atoms with van der Waals surface area (Å²) in [5, 5.41) is 4.62. The summed E-state index contributed by atoms with van der Waals surface area (Å²) < 4.78 is 22.9. The SMILES string of the molecule is COC(=O)c1c(-c2ccc(OCCN3CCCC3)c(OC)c2)nn(-c2ccccc2)c1C(=O)OC. The van der Waals surface area contributed by atoms with Gasteiger partial charge in [-0.1, -0.05) is 18.2 Å². The van der Waals surface area contributed by atoms with E-state index in [1.807, 2.05) is 18.2 Å². The number of para-hydroxylation sites is 1. The number of aromatic nitrogens is 2. The van der Waals surface area contributed by atoms with Gasteiger partial charge in [0.1, 0.15) is 17.9 Å². The maximum atomic E-state index is 12.8. The summed E-state index contributed by atoms with van der Waals surface area (Å²) in [5.41, 5.74) is 1.41. The van der Waals surface area contributed by atoms with Gasteiger partial charge < -0.3 is 18.9 Å². The highest BCUT2D eigenvalue weighted by molar-refractivity contribution is 6.06. The maximum absolute atomic E-state index is 12.8. The molecule has 3 aromatic rings. The molecule has 0 radical (unpaired) electrons. The molecule has 184 valence electrons. The zero-order valence-electron chi connectivity index (χ0n) is 20.2. The van der Waals surface area contributed by atoms with E-state index in [2.05, 4.69) is 10.00 Å². The number of esters is 2. The molecule has 1 aliphatic rings. The number of hydrogen-bond donors (Lipinski definition) is 0.